The van der Waals surface area contributed by atoms with Gasteiger partial charge in [-0.25, -0.2) is 18.7 Å². The van der Waals surface area contributed by atoms with Crippen LogP contribution in [-0.2, 0) is 0 Å². The quantitative estimate of drug-likeness (QED) is 0.721. The largest absolute Gasteiger partial charge is 0.224 e. The van der Waals surface area contributed by atoms with Gasteiger partial charge in [-0.3, -0.25) is 0 Å². The predicted octanol–water partition coefficient (Wildman–Crippen LogP) is 3.59. The molecule has 9 heteroatoms. The Bertz CT molecular complexity index is 983. The van der Waals surface area contributed by atoms with Gasteiger partial charge in [-0.05, 0) is 18.2 Å². The van der Waals surface area contributed by atoms with Crippen LogP contribution in [0.3, 0.4) is 0 Å². The average molecular weight is 355 g/mol. The molecule has 1 aliphatic rings. The van der Waals surface area contributed by atoms with Crippen LogP contribution in [0.4, 0.5) is 8.78 Å². The van der Waals surface area contributed by atoms with Gasteiger partial charge < -0.3 is 0 Å². The summed E-state index contributed by atoms with van der Waals surface area (Å²) in [7, 11) is 0. The summed E-state index contributed by atoms with van der Waals surface area (Å²) in [4.78, 5) is 8.06. The van der Waals surface area contributed by atoms with Crippen molar-refractivity contribution in [3.63, 3.8) is 0 Å². The molecule has 2 heterocycles. The Morgan fingerprint density at radius 1 is 0.958 bits per heavy atom. The van der Waals surface area contributed by atoms with Gasteiger partial charge in [0, 0.05) is 5.56 Å². The SMILES string of the molecule is N#CC(=C1Sc2nc(C#N)c(C#N)nc2S1)c1cc(F)ccc1F. The number of halogens is 2. The van der Waals surface area contributed by atoms with Crippen molar-refractivity contribution in [2.45, 2.75) is 10.1 Å². The highest BCUT2D eigenvalue weighted by atomic mass is 32.2. The van der Waals surface area contributed by atoms with Crippen LogP contribution in [0.15, 0.2) is 32.5 Å². The summed E-state index contributed by atoms with van der Waals surface area (Å²) in [5, 5.41) is 28.0. The van der Waals surface area contributed by atoms with Crippen molar-refractivity contribution in [3.05, 3.63) is 51.0 Å². The van der Waals surface area contributed by atoms with Crippen LogP contribution in [0.5, 0.6) is 0 Å². The van der Waals surface area contributed by atoms with Crippen LogP contribution in [-0.4, -0.2) is 9.97 Å². The summed E-state index contributed by atoms with van der Waals surface area (Å²) in [5.41, 5.74) is -0.470. The molecule has 24 heavy (non-hydrogen) atoms. The van der Waals surface area contributed by atoms with E-state index in [-0.39, 0.29) is 22.5 Å². The number of thioether (sulfide) groups is 2. The van der Waals surface area contributed by atoms with Gasteiger partial charge >= 0.3 is 0 Å². The van der Waals surface area contributed by atoms with Crippen LogP contribution in [0.1, 0.15) is 17.0 Å². The summed E-state index contributed by atoms with van der Waals surface area (Å²) in [6.45, 7) is 0. The van der Waals surface area contributed by atoms with E-state index in [1.54, 1.807) is 12.1 Å². The normalized spacial score (nSPS) is 12.0. The van der Waals surface area contributed by atoms with Crippen molar-refractivity contribution in [1.82, 2.24) is 9.97 Å². The fraction of sp³-hybridized carbons (Fsp3) is 0. The zero-order valence-corrected chi connectivity index (χ0v) is 13.2. The molecule has 0 fully saturated rings. The number of nitrogens with zero attached hydrogens (tertiary/aromatic N) is 5. The zero-order valence-electron chi connectivity index (χ0n) is 11.5. The fourth-order valence-electron chi connectivity index (χ4n) is 1.90. The number of rotatable bonds is 1. The third kappa shape index (κ3) is 2.69. The van der Waals surface area contributed by atoms with Crippen LogP contribution in [0.2, 0.25) is 0 Å². The van der Waals surface area contributed by atoms with Gasteiger partial charge in [0.25, 0.3) is 0 Å². The number of allylic oxidation sites excluding steroid dienone is 1. The molecule has 0 bridgehead atoms. The molecule has 5 nitrogen and oxygen atoms in total. The van der Waals surface area contributed by atoms with Gasteiger partial charge in [-0.2, -0.15) is 15.8 Å². The topological polar surface area (TPSA) is 97.1 Å². The van der Waals surface area contributed by atoms with Crippen LogP contribution in [0.25, 0.3) is 5.57 Å². The first-order valence-electron chi connectivity index (χ1n) is 6.25. The van der Waals surface area contributed by atoms with E-state index in [2.05, 4.69) is 9.97 Å². The van der Waals surface area contributed by atoms with Crippen molar-refractivity contribution in [2.24, 2.45) is 0 Å². The molecule has 0 radical (unpaired) electrons. The van der Waals surface area contributed by atoms with E-state index < -0.39 is 11.6 Å². The fourth-order valence-corrected chi connectivity index (χ4v) is 4.19. The number of aromatic nitrogens is 2. The zero-order chi connectivity index (χ0) is 17.3. The molecule has 0 unspecified atom stereocenters. The highest BCUT2D eigenvalue weighted by Crippen LogP contribution is 2.52. The van der Waals surface area contributed by atoms with Gasteiger partial charge in [0.05, 0.1) is 9.81 Å². The standard InChI is InChI=1S/C15H3F2N5S2/c16-7-1-2-10(17)8(3-7)9(4-18)15-23-13-14(24-15)22-12(6-20)11(5-19)21-13/h1-3H. The monoisotopic (exact) mass is 355 g/mol. The first kappa shape index (κ1) is 15.9. The molecular weight excluding hydrogens is 352 g/mol. The predicted molar refractivity (Wildman–Crippen MR) is 82.1 cm³/mol. The Hall–Kier alpha value is -2.93. The Balaban J connectivity index is 2.12. The smallest absolute Gasteiger partial charge is 0.178 e. The first-order valence-corrected chi connectivity index (χ1v) is 7.88. The van der Waals surface area contributed by atoms with Crippen molar-refractivity contribution in [3.8, 4) is 18.2 Å². The molecule has 114 valence electrons. The number of hydrogen-bond acceptors (Lipinski definition) is 7. The Morgan fingerprint density at radius 2 is 1.54 bits per heavy atom. The minimum absolute atomic E-state index is 0.0567. The molecule has 0 saturated heterocycles. The summed E-state index contributed by atoms with van der Waals surface area (Å²) in [5.74, 6) is -1.39. The lowest BCUT2D eigenvalue weighted by Crippen LogP contribution is -1.96. The average Bonchev–Trinajstić information content (AvgIpc) is 2.99. The molecular formula is C15H3F2N5S2. The molecule has 0 aliphatic carbocycles. The van der Waals surface area contributed by atoms with E-state index in [9.17, 15) is 14.0 Å². The lowest BCUT2D eigenvalue weighted by atomic mass is 10.1. The van der Waals surface area contributed by atoms with E-state index in [4.69, 9.17) is 10.5 Å². The van der Waals surface area contributed by atoms with E-state index in [0.29, 0.717) is 14.3 Å². The summed E-state index contributed by atoms with van der Waals surface area (Å²) in [6.07, 6.45) is 0. The Labute approximate surface area is 143 Å². The van der Waals surface area contributed by atoms with Gasteiger partial charge in [0.1, 0.15) is 39.9 Å². The third-order valence-corrected chi connectivity index (χ3v) is 5.30. The van der Waals surface area contributed by atoms with Crippen molar-refractivity contribution >= 4 is 29.1 Å². The second kappa shape index (κ2) is 6.29. The Kier molecular flexibility index (Phi) is 4.18. The Morgan fingerprint density at radius 3 is 2.04 bits per heavy atom. The molecule has 1 aromatic carbocycles. The molecule has 2 aromatic rings. The molecule has 1 aromatic heterocycles. The molecule has 1 aliphatic heterocycles. The molecule has 0 amide bonds. The van der Waals surface area contributed by atoms with E-state index >= 15 is 0 Å². The van der Waals surface area contributed by atoms with Gasteiger partial charge in [0.15, 0.2) is 11.4 Å². The lowest BCUT2D eigenvalue weighted by Gasteiger charge is -2.04. The van der Waals surface area contributed by atoms with Gasteiger partial charge in [-0.1, -0.05) is 23.5 Å². The van der Waals surface area contributed by atoms with Crippen LogP contribution in [0, 0.1) is 45.6 Å². The summed E-state index contributed by atoms with van der Waals surface area (Å²) < 4.78 is 27.7. The molecule has 0 N–H and O–H groups in total. The van der Waals surface area contributed by atoms with Crippen molar-refractivity contribution in [2.75, 3.05) is 0 Å². The summed E-state index contributed by atoms with van der Waals surface area (Å²) >= 11 is 2.05. The minimum Gasteiger partial charge on any atom is -0.224 e. The summed E-state index contributed by atoms with van der Waals surface area (Å²) in [6, 6.07) is 8.25. The van der Waals surface area contributed by atoms with Crippen molar-refractivity contribution in [1.29, 1.82) is 15.8 Å². The minimum atomic E-state index is -0.728. The molecule has 0 spiro atoms. The van der Waals surface area contributed by atoms with E-state index in [0.717, 1.165) is 41.7 Å². The maximum Gasteiger partial charge on any atom is 0.178 e. The van der Waals surface area contributed by atoms with E-state index in [1.165, 1.54) is 0 Å². The van der Waals surface area contributed by atoms with Gasteiger partial charge in [0.2, 0.25) is 0 Å². The first-order chi connectivity index (χ1) is 11.6. The lowest BCUT2D eigenvalue weighted by molar-refractivity contribution is 0.597. The maximum absolute atomic E-state index is 13.9. The van der Waals surface area contributed by atoms with Gasteiger partial charge in [-0.15, -0.1) is 0 Å². The number of hydrogen-bond donors (Lipinski definition) is 0. The highest BCUT2D eigenvalue weighted by molar-refractivity contribution is 8.24. The number of nitriles is 3. The molecule has 0 atom stereocenters. The second-order valence-electron chi connectivity index (χ2n) is 4.36. The number of fused-ring (bicyclic) bond motifs is 1. The van der Waals surface area contributed by atoms with Crippen molar-refractivity contribution < 1.29 is 8.78 Å². The maximum atomic E-state index is 13.9. The third-order valence-electron chi connectivity index (χ3n) is 2.94. The van der Waals surface area contributed by atoms with E-state index in [1.807, 2.05) is 6.07 Å². The highest BCUT2D eigenvalue weighted by Gasteiger charge is 2.27. The van der Waals surface area contributed by atoms with Crippen LogP contribution < -0.4 is 0 Å². The second-order valence-corrected chi connectivity index (χ2v) is 6.61. The van der Waals surface area contributed by atoms with Crippen LogP contribution >= 0.6 is 23.5 Å². The molecule has 0 saturated carbocycles. The molecule has 3 rings (SSSR count). The number of benzene rings is 1.